The zero-order valence-electron chi connectivity index (χ0n) is 9.63. The van der Waals surface area contributed by atoms with Gasteiger partial charge in [-0.1, -0.05) is 6.58 Å². The van der Waals surface area contributed by atoms with Crippen molar-refractivity contribution in [2.75, 3.05) is 0 Å². The molecule has 1 aliphatic rings. The predicted octanol–water partition coefficient (Wildman–Crippen LogP) is 4.17. The lowest BCUT2D eigenvalue weighted by atomic mass is 9.96. The van der Waals surface area contributed by atoms with Crippen LogP contribution >= 0.6 is 0 Å². The van der Waals surface area contributed by atoms with Crippen LogP contribution in [0.15, 0.2) is 24.8 Å². The minimum atomic E-state index is -4.47. The first-order valence-corrected chi connectivity index (χ1v) is 5.63. The number of ether oxygens (including phenoxy) is 1. The van der Waals surface area contributed by atoms with E-state index < -0.39 is 17.5 Å². The summed E-state index contributed by atoms with van der Waals surface area (Å²) in [7, 11) is 0. The molecule has 0 saturated heterocycles. The third-order valence-electron chi connectivity index (χ3n) is 2.92. The average molecular weight is 258 g/mol. The highest BCUT2D eigenvalue weighted by Crippen LogP contribution is 2.35. The molecular formula is C13H13F3O2. The van der Waals surface area contributed by atoms with Crippen LogP contribution in [0.5, 0.6) is 5.75 Å². The molecule has 1 aliphatic carbocycles. The Morgan fingerprint density at radius 3 is 2.39 bits per heavy atom. The number of hydrogen-bond donors (Lipinski definition) is 1. The monoisotopic (exact) mass is 258 g/mol. The van der Waals surface area contributed by atoms with E-state index >= 15 is 0 Å². The van der Waals surface area contributed by atoms with Gasteiger partial charge in [0, 0.05) is 5.56 Å². The van der Waals surface area contributed by atoms with Crippen molar-refractivity contribution in [2.45, 2.75) is 31.5 Å². The molecule has 2 rings (SSSR count). The fourth-order valence-corrected chi connectivity index (χ4v) is 1.68. The molecule has 5 heteroatoms. The van der Waals surface area contributed by atoms with Gasteiger partial charge in [0.15, 0.2) is 0 Å². The van der Waals surface area contributed by atoms with Gasteiger partial charge in [-0.2, -0.15) is 13.2 Å². The summed E-state index contributed by atoms with van der Waals surface area (Å²) in [6, 6.07) is 3.18. The van der Waals surface area contributed by atoms with E-state index in [1.165, 1.54) is 6.07 Å². The Morgan fingerprint density at radius 1 is 1.28 bits per heavy atom. The van der Waals surface area contributed by atoms with Crippen LogP contribution < -0.4 is 4.74 Å². The Morgan fingerprint density at radius 2 is 1.94 bits per heavy atom. The summed E-state index contributed by atoms with van der Waals surface area (Å²) in [6.45, 7) is 3.24. The second-order valence-electron chi connectivity index (χ2n) is 4.36. The largest absolute Gasteiger partial charge is 0.508 e. The van der Waals surface area contributed by atoms with Crippen molar-refractivity contribution in [2.24, 2.45) is 0 Å². The van der Waals surface area contributed by atoms with E-state index in [1.807, 2.05) is 0 Å². The molecule has 0 spiro atoms. The maximum absolute atomic E-state index is 12.7. The Balaban J connectivity index is 2.32. The lowest BCUT2D eigenvalue weighted by Gasteiger charge is -2.27. The number of rotatable bonds is 3. The van der Waals surface area contributed by atoms with Crippen molar-refractivity contribution in [3.63, 3.8) is 0 Å². The van der Waals surface area contributed by atoms with Gasteiger partial charge >= 0.3 is 6.18 Å². The van der Waals surface area contributed by atoms with Gasteiger partial charge in [-0.05, 0) is 37.5 Å². The van der Waals surface area contributed by atoms with Crippen LogP contribution in [0.2, 0.25) is 0 Å². The zero-order valence-corrected chi connectivity index (χ0v) is 9.63. The van der Waals surface area contributed by atoms with Gasteiger partial charge in [-0.3, -0.25) is 0 Å². The summed E-state index contributed by atoms with van der Waals surface area (Å²) >= 11 is 0. The number of hydrogen-bond acceptors (Lipinski definition) is 2. The molecule has 1 fully saturated rings. The highest BCUT2D eigenvalue weighted by Gasteiger charge is 2.32. The third-order valence-corrected chi connectivity index (χ3v) is 2.92. The molecule has 1 aromatic carbocycles. The van der Waals surface area contributed by atoms with Crippen molar-refractivity contribution in [1.29, 1.82) is 0 Å². The summed E-state index contributed by atoms with van der Waals surface area (Å²) in [5, 5.41) is 9.23. The number of aliphatic hydroxyl groups is 1. The molecule has 0 aromatic heterocycles. The molecular weight excluding hydrogens is 245 g/mol. The minimum absolute atomic E-state index is 0.0201. The van der Waals surface area contributed by atoms with Gasteiger partial charge in [-0.25, -0.2) is 0 Å². The van der Waals surface area contributed by atoms with E-state index in [0.29, 0.717) is 0 Å². The summed E-state index contributed by atoms with van der Waals surface area (Å²) in [5.41, 5.74) is -0.816. The van der Waals surface area contributed by atoms with E-state index in [4.69, 9.17) is 4.74 Å². The Kier molecular flexibility index (Phi) is 3.24. The second kappa shape index (κ2) is 4.55. The van der Waals surface area contributed by atoms with Crippen molar-refractivity contribution < 1.29 is 23.0 Å². The van der Waals surface area contributed by atoms with E-state index in [-0.39, 0.29) is 17.4 Å². The first kappa shape index (κ1) is 12.8. The van der Waals surface area contributed by atoms with E-state index in [0.717, 1.165) is 31.4 Å². The van der Waals surface area contributed by atoms with Gasteiger partial charge < -0.3 is 9.84 Å². The topological polar surface area (TPSA) is 29.5 Å². The molecule has 18 heavy (non-hydrogen) atoms. The van der Waals surface area contributed by atoms with E-state index in [1.54, 1.807) is 0 Å². The molecule has 1 saturated carbocycles. The van der Waals surface area contributed by atoms with E-state index in [9.17, 15) is 18.3 Å². The number of alkyl halides is 3. The predicted molar refractivity (Wildman–Crippen MR) is 61.4 cm³/mol. The van der Waals surface area contributed by atoms with Crippen LogP contribution in [0.4, 0.5) is 13.2 Å². The van der Waals surface area contributed by atoms with Gasteiger partial charge in [0.25, 0.3) is 0 Å². The number of benzene rings is 1. The molecule has 1 aromatic rings. The van der Waals surface area contributed by atoms with E-state index in [2.05, 4.69) is 6.58 Å². The quantitative estimate of drug-likeness (QED) is 0.825. The molecule has 1 N–H and O–H groups in total. The highest BCUT2D eigenvalue weighted by atomic mass is 19.4. The molecule has 2 nitrogen and oxygen atoms in total. The normalized spacial score (nSPS) is 16.2. The van der Waals surface area contributed by atoms with Crippen LogP contribution in [0.25, 0.3) is 5.76 Å². The second-order valence-corrected chi connectivity index (χ2v) is 4.36. The highest BCUT2D eigenvalue weighted by molar-refractivity contribution is 5.59. The molecule has 0 amide bonds. The molecule has 0 heterocycles. The first-order chi connectivity index (χ1) is 8.36. The van der Waals surface area contributed by atoms with Crippen molar-refractivity contribution in [3.05, 3.63) is 35.9 Å². The van der Waals surface area contributed by atoms with Crippen LogP contribution in [-0.4, -0.2) is 11.2 Å². The average Bonchev–Trinajstić information content (AvgIpc) is 2.22. The summed E-state index contributed by atoms with van der Waals surface area (Å²) < 4.78 is 43.5. The standard InChI is InChI=1S/C13H13F3O2/c1-8(17)9-5-10(13(14,15)16)7-12(6-9)18-11-3-2-4-11/h5-7,11,17H,1-4H2. The van der Waals surface area contributed by atoms with Crippen molar-refractivity contribution in [1.82, 2.24) is 0 Å². The molecule has 0 bridgehead atoms. The lowest BCUT2D eigenvalue weighted by molar-refractivity contribution is -0.137. The van der Waals surface area contributed by atoms with Crippen molar-refractivity contribution >= 4 is 5.76 Å². The van der Waals surface area contributed by atoms with Gasteiger partial charge in [-0.15, -0.1) is 0 Å². The molecule has 0 atom stereocenters. The van der Waals surface area contributed by atoms with Crippen LogP contribution in [0, 0.1) is 0 Å². The Labute approximate surface area is 103 Å². The first-order valence-electron chi connectivity index (χ1n) is 5.63. The summed E-state index contributed by atoms with van der Waals surface area (Å²) in [4.78, 5) is 0. The smallest absolute Gasteiger partial charge is 0.416 e. The van der Waals surface area contributed by atoms with Gasteiger partial charge in [0.1, 0.15) is 11.5 Å². The molecule has 0 aliphatic heterocycles. The fraction of sp³-hybridized carbons (Fsp3) is 0.385. The number of halogens is 3. The molecule has 98 valence electrons. The SMILES string of the molecule is C=C(O)c1cc(OC2CCC2)cc(C(F)(F)F)c1. The number of aliphatic hydroxyl groups excluding tert-OH is 1. The van der Waals surface area contributed by atoms with Gasteiger partial charge in [0.05, 0.1) is 11.7 Å². The maximum atomic E-state index is 12.7. The molecule has 0 unspecified atom stereocenters. The minimum Gasteiger partial charge on any atom is -0.508 e. The Hall–Kier alpha value is -1.65. The summed E-state index contributed by atoms with van der Waals surface area (Å²) in [5.74, 6) is -0.278. The van der Waals surface area contributed by atoms with Crippen molar-refractivity contribution in [3.8, 4) is 5.75 Å². The fourth-order valence-electron chi connectivity index (χ4n) is 1.68. The van der Waals surface area contributed by atoms with Crippen LogP contribution in [0.1, 0.15) is 30.4 Å². The third kappa shape index (κ3) is 2.78. The summed E-state index contributed by atoms with van der Waals surface area (Å²) in [6.07, 6.45) is -1.75. The van der Waals surface area contributed by atoms with Crippen LogP contribution in [-0.2, 0) is 6.18 Å². The Bertz CT molecular complexity index is 462. The van der Waals surface area contributed by atoms with Crippen LogP contribution in [0.3, 0.4) is 0 Å². The maximum Gasteiger partial charge on any atom is 0.416 e. The zero-order chi connectivity index (χ0) is 13.3. The molecule has 0 radical (unpaired) electrons. The van der Waals surface area contributed by atoms with Gasteiger partial charge in [0.2, 0.25) is 0 Å². The lowest BCUT2D eigenvalue weighted by Crippen LogP contribution is -2.24.